The van der Waals surface area contributed by atoms with Gasteiger partial charge < -0.3 is 9.32 Å². The molecule has 0 unspecified atom stereocenters. The van der Waals surface area contributed by atoms with Gasteiger partial charge >= 0.3 is 0 Å². The van der Waals surface area contributed by atoms with E-state index in [1.54, 1.807) is 4.90 Å². The van der Waals surface area contributed by atoms with Gasteiger partial charge in [-0.3, -0.25) is 0 Å². The maximum absolute atomic E-state index is 9.98. The molecule has 0 spiro atoms. The minimum absolute atomic E-state index is 0.00522. The van der Waals surface area contributed by atoms with Crippen molar-refractivity contribution in [3.05, 3.63) is 176 Å². The summed E-state index contributed by atoms with van der Waals surface area (Å²) in [5.41, 5.74) is 4.27. The minimum atomic E-state index is -0.470. The van der Waals surface area contributed by atoms with Crippen molar-refractivity contribution in [3.63, 3.8) is 0 Å². The van der Waals surface area contributed by atoms with Gasteiger partial charge in [0, 0.05) is 32.9 Å². The van der Waals surface area contributed by atoms with Crippen LogP contribution in [0.15, 0.2) is 180 Å². The molecule has 216 valence electrons. The molecule has 0 radical (unpaired) electrons. The highest BCUT2D eigenvalue weighted by molar-refractivity contribution is 6.22. The van der Waals surface area contributed by atoms with E-state index >= 15 is 0 Å². The first-order chi connectivity index (χ1) is 26.2. The topological polar surface area (TPSA) is 16.4 Å². The molecule has 0 amide bonds. The summed E-state index contributed by atoms with van der Waals surface area (Å²) in [4.78, 5) is 1.80. The highest BCUT2D eigenvalue weighted by Crippen LogP contribution is 2.46. The van der Waals surface area contributed by atoms with Gasteiger partial charge in [0.05, 0.1) is 16.7 Å². The smallest absolute Gasteiger partial charge is 0.143 e. The number of para-hydroxylation sites is 2. The fourth-order valence-corrected chi connectivity index (χ4v) is 6.25. The molecule has 0 N–H and O–H groups in total. The third-order valence-electron chi connectivity index (χ3n) is 8.43. The number of nitrogens with zero attached hydrogens (tertiary/aromatic N) is 1. The van der Waals surface area contributed by atoms with Crippen molar-refractivity contribution in [2.45, 2.75) is 0 Å². The van der Waals surface area contributed by atoms with E-state index in [1.807, 2.05) is 97.1 Å². The molecule has 0 bridgehead atoms. The second kappa shape index (κ2) is 10.8. The summed E-state index contributed by atoms with van der Waals surface area (Å²) < 4.78 is 79.1. The van der Waals surface area contributed by atoms with Crippen molar-refractivity contribution in [1.82, 2.24) is 0 Å². The molecule has 2 heteroatoms. The zero-order valence-corrected chi connectivity index (χ0v) is 24.5. The van der Waals surface area contributed by atoms with E-state index in [1.165, 1.54) is 0 Å². The molecule has 0 saturated carbocycles. The van der Waals surface area contributed by atoms with Gasteiger partial charge in [0.25, 0.3) is 0 Å². The predicted octanol–water partition coefficient (Wildman–Crippen LogP) is 12.7. The SMILES string of the molecule is [2H]c1c([2H])c(-c2ccc(-c3ccc4ccccc4c3)cc2)c2c(oc3c4c([2H])c([2H])c([2H])c([2H])c4c(N(c4ccccc4)c4ccccc4)c([2H])c32)c1[2H]. The quantitative estimate of drug-likeness (QED) is 0.197. The molecule has 9 rings (SSSR count). The zero-order chi connectivity index (χ0) is 37.4. The van der Waals surface area contributed by atoms with Crippen LogP contribution < -0.4 is 4.90 Å². The summed E-state index contributed by atoms with van der Waals surface area (Å²) in [6, 6.07) is 37.9. The van der Waals surface area contributed by atoms with E-state index < -0.39 is 12.1 Å². The lowest BCUT2D eigenvalue weighted by Gasteiger charge is -2.27. The van der Waals surface area contributed by atoms with Gasteiger partial charge in [0.1, 0.15) is 11.2 Å². The van der Waals surface area contributed by atoms with Crippen molar-refractivity contribution in [1.29, 1.82) is 0 Å². The number of benzene rings is 8. The number of hydrogen-bond acceptors (Lipinski definition) is 2. The van der Waals surface area contributed by atoms with Crippen LogP contribution in [0.1, 0.15) is 11.0 Å². The molecule has 0 saturated heterocycles. The standard InChI is InChI=1S/C44H29NO/c1-3-14-35(15-4-1)45(36-16-5-2-6-17-36)41-29-40-43-37(20-11-21-42(43)46-44(40)39-19-10-9-18-38(39)41)32-25-22-31(23-26-32)34-27-24-30-12-7-8-13-33(30)28-34/h1-29H/i9D,10D,11D,18D,19D,20D,21D,29D. The summed E-state index contributed by atoms with van der Waals surface area (Å²) in [5.74, 6) is 0. The van der Waals surface area contributed by atoms with Gasteiger partial charge in [0.2, 0.25) is 0 Å². The molecule has 8 aromatic carbocycles. The molecular formula is C44H29NO. The van der Waals surface area contributed by atoms with E-state index in [2.05, 4.69) is 30.3 Å². The average Bonchev–Trinajstić information content (AvgIpc) is 3.60. The van der Waals surface area contributed by atoms with E-state index in [4.69, 9.17) is 11.3 Å². The molecule has 46 heavy (non-hydrogen) atoms. The molecule has 0 aliphatic rings. The average molecular weight is 596 g/mol. The van der Waals surface area contributed by atoms with Crippen LogP contribution in [-0.2, 0) is 0 Å². The molecule has 0 fully saturated rings. The van der Waals surface area contributed by atoms with Crippen LogP contribution in [0.5, 0.6) is 0 Å². The molecule has 2 nitrogen and oxygen atoms in total. The second-order valence-corrected chi connectivity index (χ2v) is 11.1. The van der Waals surface area contributed by atoms with Crippen LogP contribution in [0.25, 0.3) is 65.7 Å². The number of rotatable bonds is 5. The Morgan fingerprint density at radius 1 is 0.500 bits per heavy atom. The van der Waals surface area contributed by atoms with Crippen LogP contribution in [0.2, 0.25) is 0 Å². The third kappa shape index (κ3) is 4.35. The number of furan rings is 1. The van der Waals surface area contributed by atoms with Crippen LogP contribution >= 0.6 is 0 Å². The predicted molar refractivity (Wildman–Crippen MR) is 194 cm³/mol. The van der Waals surface area contributed by atoms with Crippen LogP contribution in [-0.4, -0.2) is 0 Å². The first kappa shape index (κ1) is 19.3. The molecule has 0 aliphatic heterocycles. The molecule has 1 aromatic heterocycles. The Kier molecular flexibility index (Phi) is 4.53. The molecular weight excluding hydrogens is 558 g/mol. The van der Waals surface area contributed by atoms with E-state index in [0.29, 0.717) is 22.5 Å². The van der Waals surface area contributed by atoms with Gasteiger partial charge in [-0.05, 0) is 75.4 Å². The van der Waals surface area contributed by atoms with E-state index in [0.717, 1.165) is 21.9 Å². The zero-order valence-electron chi connectivity index (χ0n) is 32.5. The Morgan fingerprint density at radius 2 is 1.13 bits per heavy atom. The summed E-state index contributed by atoms with van der Waals surface area (Å²) in [6.45, 7) is 0. The molecule has 1 heterocycles. The Balaban J connectivity index is 1.40. The normalized spacial score (nSPS) is 13.9. The maximum atomic E-state index is 9.98. The lowest BCUT2D eigenvalue weighted by atomic mass is 9.95. The largest absolute Gasteiger partial charge is 0.455 e. The van der Waals surface area contributed by atoms with Crippen molar-refractivity contribution >= 4 is 60.5 Å². The minimum Gasteiger partial charge on any atom is -0.455 e. The Hall–Kier alpha value is -6.12. The van der Waals surface area contributed by atoms with Crippen molar-refractivity contribution in [2.75, 3.05) is 4.90 Å². The Morgan fingerprint density at radius 3 is 1.87 bits per heavy atom. The first-order valence-corrected chi connectivity index (χ1v) is 15.0. The highest BCUT2D eigenvalue weighted by atomic mass is 16.3. The van der Waals surface area contributed by atoms with Crippen molar-refractivity contribution < 1.29 is 15.4 Å². The molecule has 9 aromatic rings. The lowest BCUT2D eigenvalue weighted by Crippen LogP contribution is -2.10. The van der Waals surface area contributed by atoms with Crippen LogP contribution in [0.3, 0.4) is 0 Å². The molecule has 0 aliphatic carbocycles. The number of hydrogen-bond donors (Lipinski definition) is 0. The second-order valence-electron chi connectivity index (χ2n) is 11.1. The van der Waals surface area contributed by atoms with Crippen LogP contribution in [0, 0.1) is 0 Å². The van der Waals surface area contributed by atoms with Gasteiger partial charge in [0.15, 0.2) is 0 Å². The summed E-state index contributed by atoms with van der Waals surface area (Å²) >= 11 is 0. The summed E-state index contributed by atoms with van der Waals surface area (Å²) in [7, 11) is 0. The first-order valence-electron chi connectivity index (χ1n) is 19.0. The Labute approximate surface area is 278 Å². The van der Waals surface area contributed by atoms with Crippen LogP contribution in [0.4, 0.5) is 17.1 Å². The van der Waals surface area contributed by atoms with E-state index in [-0.39, 0.29) is 74.7 Å². The summed E-state index contributed by atoms with van der Waals surface area (Å²) in [6.07, 6.45) is 0. The van der Waals surface area contributed by atoms with Gasteiger partial charge in [-0.15, -0.1) is 0 Å². The highest BCUT2D eigenvalue weighted by Gasteiger charge is 2.21. The lowest BCUT2D eigenvalue weighted by molar-refractivity contribution is 0.673. The van der Waals surface area contributed by atoms with Gasteiger partial charge in [-0.2, -0.15) is 0 Å². The third-order valence-corrected chi connectivity index (χ3v) is 8.43. The maximum Gasteiger partial charge on any atom is 0.143 e. The summed E-state index contributed by atoms with van der Waals surface area (Å²) in [5, 5.41) is 2.81. The number of anilines is 3. The number of fused-ring (bicyclic) bond motifs is 6. The van der Waals surface area contributed by atoms with Gasteiger partial charge in [-0.1, -0.05) is 133 Å². The Bertz CT molecular complexity index is 2920. The van der Waals surface area contributed by atoms with Gasteiger partial charge in [-0.25, -0.2) is 0 Å². The molecule has 0 atom stereocenters. The van der Waals surface area contributed by atoms with E-state index in [9.17, 15) is 4.11 Å². The fraction of sp³-hybridized carbons (Fsp3) is 0. The fourth-order valence-electron chi connectivity index (χ4n) is 6.25. The monoisotopic (exact) mass is 595 g/mol. The van der Waals surface area contributed by atoms with Crippen molar-refractivity contribution in [3.8, 4) is 22.3 Å². The van der Waals surface area contributed by atoms with Crippen molar-refractivity contribution in [2.24, 2.45) is 0 Å².